The van der Waals surface area contributed by atoms with E-state index in [-0.39, 0.29) is 23.4 Å². The highest BCUT2D eigenvalue weighted by Gasteiger charge is 2.33. The largest absolute Gasteiger partial charge is 0.439 e. The number of rotatable bonds is 4. The molecule has 1 amide bonds. The van der Waals surface area contributed by atoms with Crippen LogP contribution in [0.2, 0.25) is 5.02 Å². The summed E-state index contributed by atoms with van der Waals surface area (Å²) >= 11 is 5.79. The van der Waals surface area contributed by atoms with E-state index in [1.54, 1.807) is 36.4 Å². The zero-order valence-corrected chi connectivity index (χ0v) is 15.2. The van der Waals surface area contributed by atoms with Crippen molar-refractivity contribution in [2.75, 3.05) is 5.32 Å². The summed E-state index contributed by atoms with van der Waals surface area (Å²) in [5.74, 6) is -0.350. The molecule has 3 aromatic rings. The Hall–Kier alpha value is -3.13. The van der Waals surface area contributed by atoms with Gasteiger partial charge in [-0.1, -0.05) is 11.6 Å². The fraction of sp³-hybridized carbons (Fsp3) is 0.105. The quantitative estimate of drug-likeness (QED) is 0.620. The van der Waals surface area contributed by atoms with E-state index < -0.39 is 11.9 Å². The van der Waals surface area contributed by atoms with Crippen LogP contribution in [0.25, 0.3) is 0 Å². The summed E-state index contributed by atoms with van der Waals surface area (Å²) in [6.07, 6.45) is -4.60. The Morgan fingerprint density at radius 1 is 1.04 bits per heavy atom. The van der Waals surface area contributed by atoms with Crippen LogP contribution >= 0.6 is 11.6 Å². The first-order valence-electron chi connectivity index (χ1n) is 7.98. The number of anilines is 1. The van der Waals surface area contributed by atoms with Gasteiger partial charge in [-0.25, -0.2) is 4.98 Å². The molecule has 0 atom stereocenters. The molecular formula is C19H13ClF3N3O2. The zero-order chi connectivity index (χ0) is 20.3. The Balaban J connectivity index is 1.70. The fourth-order valence-electron chi connectivity index (χ4n) is 2.27. The molecule has 9 heteroatoms. The summed E-state index contributed by atoms with van der Waals surface area (Å²) in [5.41, 5.74) is -0.162. The Morgan fingerprint density at radius 3 is 2.29 bits per heavy atom. The van der Waals surface area contributed by atoms with Gasteiger partial charge in [0.1, 0.15) is 11.6 Å². The van der Waals surface area contributed by atoms with Crippen molar-refractivity contribution in [3.8, 4) is 11.6 Å². The zero-order valence-electron chi connectivity index (χ0n) is 14.4. The number of nitrogens with zero attached hydrogens (tertiary/aromatic N) is 2. The minimum atomic E-state index is -4.60. The normalized spacial score (nSPS) is 11.2. The smallest absolute Gasteiger partial charge is 0.433 e. The highest BCUT2D eigenvalue weighted by atomic mass is 35.5. The van der Waals surface area contributed by atoms with Gasteiger partial charge < -0.3 is 10.1 Å². The van der Waals surface area contributed by atoms with E-state index in [0.29, 0.717) is 16.3 Å². The van der Waals surface area contributed by atoms with Crippen LogP contribution < -0.4 is 10.1 Å². The molecule has 0 unspecified atom stereocenters. The van der Waals surface area contributed by atoms with Crippen molar-refractivity contribution in [1.82, 2.24) is 9.97 Å². The first kappa shape index (κ1) is 19.6. The van der Waals surface area contributed by atoms with Crippen LogP contribution in [0.1, 0.15) is 21.9 Å². The van der Waals surface area contributed by atoms with Gasteiger partial charge in [-0.05, 0) is 55.5 Å². The van der Waals surface area contributed by atoms with Crippen molar-refractivity contribution in [2.24, 2.45) is 0 Å². The molecule has 0 radical (unpaired) electrons. The molecule has 0 saturated heterocycles. The second-order valence-corrected chi connectivity index (χ2v) is 6.16. The maximum Gasteiger partial charge on any atom is 0.433 e. The number of nitrogens with one attached hydrogen (secondary N) is 1. The maximum absolute atomic E-state index is 12.8. The summed E-state index contributed by atoms with van der Waals surface area (Å²) in [5, 5.41) is 3.21. The fourth-order valence-corrected chi connectivity index (χ4v) is 2.40. The van der Waals surface area contributed by atoms with Gasteiger partial charge in [0.25, 0.3) is 5.91 Å². The number of hydrogen-bond donors (Lipinski definition) is 1. The molecule has 2 aromatic carbocycles. The van der Waals surface area contributed by atoms with Gasteiger partial charge in [-0.2, -0.15) is 18.2 Å². The molecular weight excluding hydrogens is 395 g/mol. The third kappa shape index (κ3) is 4.98. The monoisotopic (exact) mass is 407 g/mol. The Bertz CT molecular complexity index is 991. The standard InChI is InChI=1S/C19H13ClF3N3O2/c1-11-24-16(19(21,22)23)10-17(25-11)28-15-8-6-14(7-9-15)26-18(27)12-2-4-13(20)5-3-12/h2-10H,1H3,(H,26,27). The van der Waals surface area contributed by atoms with Gasteiger partial charge >= 0.3 is 6.18 Å². The summed E-state index contributed by atoms with van der Waals surface area (Å²) in [6.45, 7) is 1.34. The summed E-state index contributed by atoms with van der Waals surface area (Å²) < 4.78 is 43.9. The number of halogens is 4. The topological polar surface area (TPSA) is 64.1 Å². The van der Waals surface area contributed by atoms with E-state index in [1.807, 2.05) is 0 Å². The number of carbonyl (C=O) groups is 1. The van der Waals surface area contributed by atoms with Crippen LogP contribution in [0.4, 0.5) is 18.9 Å². The van der Waals surface area contributed by atoms with Gasteiger partial charge in [0.2, 0.25) is 5.88 Å². The average Bonchev–Trinajstić information content (AvgIpc) is 2.62. The number of aryl methyl sites for hydroxylation is 1. The predicted octanol–water partition coefficient (Wildman–Crippen LogP) is 5.50. The maximum atomic E-state index is 12.8. The Labute approximate surface area is 163 Å². The number of carbonyl (C=O) groups excluding carboxylic acids is 1. The molecule has 0 fully saturated rings. The van der Waals surface area contributed by atoms with E-state index in [0.717, 1.165) is 6.07 Å². The lowest BCUT2D eigenvalue weighted by Gasteiger charge is -2.10. The van der Waals surface area contributed by atoms with Gasteiger partial charge in [0.05, 0.1) is 0 Å². The minimum absolute atomic E-state index is 0.0586. The third-order valence-corrected chi connectivity index (χ3v) is 3.80. The molecule has 1 heterocycles. The number of hydrogen-bond acceptors (Lipinski definition) is 4. The van der Waals surface area contributed by atoms with Crippen molar-refractivity contribution >= 4 is 23.2 Å². The Kier molecular flexibility index (Phi) is 5.51. The van der Waals surface area contributed by atoms with Crippen LogP contribution in [-0.2, 0) is 6.18 Å². The summed E-state index contributed by atoms with van der Waals surface area (Å²) in [7, 11) is 0. The van der Waals surface area contributed by atoms with Gasteiger partial charge in [0, 0.05) is 22.3 Å². The molecule has 0 bridgehead atoms. The van der Waals surface area contributed by atoms with E-state index in [9.17, 15) is 18.0 Å². The minimum Gasteiger partial charge on any atom is -0.439 e. The molecule has 0 aliphatic heterocycles. The van der Waals surface area contributed by atoms with E-state index in [1.165, 1.54) is 19.1 Å². The molecule has 3 rings (SSSR count). The molecule has 0 aliphatic rings. The summed E-state index contributed by atoms with van der Waals surface area (Å²) in [6, 6.07) is 13.2. The first-order chi connectivity index (χ1) is 13.2. The number of aromatic nitrogens is 2. The van der Waals surface area contributed by atoms with E-state index in [4.69, 9.17) is 16.3 Å². The lowest BCUT2D eigenvalue weighted by molar-refractivity contribution is -0.141. The number of alkyl halides is 3. The first-order valence-corrected chi connectivity index (χ1v) is 8.36. The van der Waals surface area contributed by atoms with Gasteiger partial charge in [-0.3, -0.25) is 4.79 Å². The lowest BCUT2D eigenvalue weighted by Crippen LogP contribution is -2.11. The van der Waals surface area contributed by atoms with Crippen LogP contribution in [0.3, 0.4) is 0 Å². The van der Waals surface area contributed by atoms with E-state index >= 15 is 0 Å². The molecule has 0 aliphatic carbocycles. The predicted molar refractivity (Wildman–Crippen MR) is 97.7 cm³/mol. The molecule has 1 aromatic heterocycles. The molecule has 5 nitrogen and oxygen atoms in total. The molecule has 28 heavy (non-hydrogen) atoms. The highest BCUT2D eigenvalue weighted by molar-refractivity contribution is 6.30. The lowest BCUT2D eigenvalue weighted by atomic mass is 10.2. The molecule has 144 valence electrons. The second-order valence-electron chi connectivity index (χ2n) is 5.72. The number of ether oxygens (including phenoxy) is 1. The molecule has 1 N–H and O–H groups in total. The van der Waals surface area contributed by atoms with Crippen LogP contribution in [0.5, 0.6) is 11.6 Å². The summed E-state index contributed by atoms with van der Waals surface area (Å²) in [4.78, 5) is 19.4. The van der Waals surface area contributed by atoms with Gasteiger partial charge in [0.15, 0.2) is 5.69 Å². The second kappa shape index (κ2) is 7.85. The highest BCUT2D eigenvalue weighted by Crippen LogP contribution is 2.31. The number of amides is 1. The van der Waals surface area contributed by atoms with Crippen LogP contribution in [0, 0.1) is 6.92 Å². The van der Waals surface area contributed by atoms with Crippen molar-refractivity contribution in [3.05, 3.63) is 76.7 Å². The van der Waals surface area contributed by atoms with E-state index in [2.05, 4.69) is 15.3 Å². The third-order valence-electron chi connectivity index (χ3n) is 3.55. The van der Waals surface area contributed by atoms with Crippen molar-refractivity contribution in [1.29, 1.82) is 0 Å². The van der Waals surface area contributed by atoms with Gasteiger partial charge in [-0.15, -0.1) is 0 Å². The SMILES string of the molecule is Cc1nc(Oc2ccc(NC(=O)c3ccc(Cl)cc3)cc2)cc(C(F)(F)F)n1. The van der Waals surface area contributed by atoms with Crippen LogP contribution in [0.15, 0.2) is 54.6 Å². The molecule has 0 saturated carbocycles. The molecule has 0 spiro atoms. The van der Waals surface area contributed by atoms with Crippen molar-refractivity contribution in [2.45, 2.75) is 13.1 Å². The van der Waals surface area contributed by atoms with Crippen LogP contribution in [-0.4, -0.2) is 15.9 Å². The Morgan fingerprint density at radius 2 is 1.68 bits per heavy atom. The number of benzene rings is 2. The average molecular weight is 408 g/mol. The van der Waals surface area contributed by atoms with Crippen molar-refractivity contribution in [3.63, 3.8) is 0 Å². The van der Waals surface area contributed by atoms with Crippen molar-refractivity contribution < 1.29 is 22.7 Å².